The van der Waals surface area contributed by atoms with Crippen LogP contribution in [0.1, 0.15) is 18.1 Å². The van der Waals surface area contributed by atoms with Crippen molar-refractivity contribution in [1.82, 2.24) is 0 Å². The molecular formula is C19H19ClN2O4. The Morgan fingerprint density at radius 3 is 2.35 bits per heavy atom. The van der Waals surface area contributed by atoms with E-state index in [4.69, 9.17) is 16.3 Å². The zero-order valence-electron chi connectivity index (χ0n) is 14.5. The molecule has 0 saturated heterocycles. The summed E-state index contributed by atoms with van der Waals surface area (Å²) < 4.78 is 4.97. The molecule has 136 valence electrons. The predicted molar refractivity (Wildman–Crippen MR) is 100 cm³/mol. The van der Waals surface area contributed by atoms with Gasteiger partial charge in [-0.15, -0.1) is 0 Å². The molecule has 26 heavy (non-hydrogen) atoms. The predicted octanol–water partition coefficient (Wildman–Crippen LogP) is 3.33. The lowest BCUT2D eigenvalue weighted by Crippen LogP contribution is -2.21. The Morgan fingerprint density at radius 2 is 1.73 bits per heavy atom. The summed E-state index contributed by atoms with van der Waals surface area (Å²) in [4.78, 5) is 34.7. The van der Waals surface area contributed by atoms with Crippen molar-refractivity contribution in [3.8, 4) is 0 Å². The van der Waals surface area contributed by atoms with E-state index >= 15 is 0 Å². The summed E-state index contributed by atoms with van der Waals surface area (Å²) in [5.74, 6) is -1.16. The molecule has 0 heterocycles. The highest BCUT2D eigenvalue weighted by molar-refractivity contribution is 6.33. The quantitative estimate of drug-likeness (QED) is 0.759. The third kappa shape index (κ3) is 6.22. The fourth-order valence-corrected chi connectivity index (χ4v) is 2.46. The van der Waals surface area contributed by atoms with Crippen molar-refractivity contribution in [2.75, 3.05) is 17.2 Å². The van der Waals surface area contributed by atoms with Crippen LogP contribution in [0.4, 0.5) is 11.4 Å². The van der Waals surface area contributed by atoms with Crippen LogP contribution in [0.5, 0.6) is 0 Å². The van der Waals surface area contributed by atoms with Crippen LogP contribution in [-0.2, 0) is 25.5 Å². The number of halogens is 1. The van der Waals surface area contributed by atoms with E-state index in [2.05, 4.69) is 10.6 Å². The first kappa shape index (κ1) is 19.5. The SMILES string of the molecule is CC(=O)Nc1ccc(CC(=O)OCC(=O)Nc2ccc(C)cc2Cl)cc1. The molecule has 2 aromatic carbocycles. The number of carbonyl (C=O) groups excluding carboxylic acids is 3. The van der Waals surface area contributed by atoms with E-state index in [9.17, 15) is 14.4 Å². The Kier molecular flexibility index (Phi) is 6.74. The van der Waals surface area contributed by atoms with Gasteiger partial charge in [0.1, 0.15) is 0 Å². The minimum Gasteiger partial charge on any atom is -0.455 e. The van der Waals surface area contributed by atoms with Crippen LogP contribution in [0.25, 0.3) is 0 Å². The van der Waals surface area contributed by atoms with Gasteiger partial charge in [0.25, 0.3) is 5.91 Å². The van der Waals surface area contributed by atoms with Gasteiger partial charge in [-0.25, -0.2) is 0 Å². The first-order valence-electron chi connectivity index (χ1n) is 7.91. The summed E-state index contributed by atoms with van der Waals surface area (Å²) in [7, 11) is 0. The number of ether oxygens (including phenoxy) is 1. The number of esters is 1. The molecule has 0 aliphatic rings. The van der Waals surface area contributed by atoms with Gasteiger partial charge in [-0.1, -0.05) is 29.8 Å². The number of nitrogens with one attached hydrogen (secondary N) is 2. The highest BCUT2D eigenvalue weighted by Crippen LogP contribution is 2.22. The molecule has 0 aliphatic heterocycles. The number of hydrogen-bond donors (Lipinski definition) is 2. The molecule has 7 heteroatoms. The standard InChI is InChI=1S/C19H19ClN2O4/c1-12-3-8-17(16(20)9-12)22-18(24)11-26-19(25)10-14-4-6-15(7-5-14)21-13(2)23/h3-9H,10-11H2,1-2H3,(H,21,23)(H,22,24). The number of amides is 2. The third-order valence-corrected chi connectivity index (χ3v) is 3.70. The van der Waals surface area contributed by atoms with E-state index in [-0.39, 0.29) is 12.3 Å². The van der Waals surface area contributed by atoms with Gasteiger partial charge in [-0.3, -0.25) is 14.4 Å². The molecule has 0 radical (unpaired) electrons. The van der Waals surface area contributed by atoms with Gasteiger partial charge in [-0.05, 0) is 42.3 Å². The Balaban J connectivity index is 1.80. The normalized spacial score (nSPS) is 10.1. The second-order valence-electron chi connectivity index (χ2n) is 5.75. The fourth-order valence-electron chi connectivity index (χ4n) is 2.18. The molecule has 6 nitrogen and oxygen atoms in total. The molecule has 0 aromatic heterocycles. The maximum Gasteiger partial charge on any atom is 0.310 e. The molecule has 2 aromatic rings. The molecule has 0 aliphatic carbocycles. The molecule has 0 unspecified atom stereocenters. The van der Waals surface area contributed by atoms with Crippen molar-refractivity contribution in [2.24, 2.45) is 0 Å². The number of rotatable bonds is 6. The average Bonchev–Trinajstić information content (AvgIpc) is 2.57. The Bertz CT molecular complexity index is 819. The molecule has 2 amide bonds. The van der Waals surface area contributed by atoms with E-state index in [0.29, 0.717) is 22.0 Å². The highest BCUT2D eigenvalue weighted by Gasteiger charge is 2.10. The number of hydrogen-bond acceptors (Lipinski definition) is 4. The largest absolute Gasteiger partial charge is 0.455 e. The molecule has 0 bridgehead atoms. The maximum absolute atomic E-state index is 11.9. The Morgan fingerprint density at radius 1 is 1.04 bits per heavy atom. The zero-order chi connectivity index (χ0) is 19.1. The second-order valence-corrected chi connectivity index (χ2v) is 6.15. The fraction of sp³-hybridized carbons (Fsp3) is 0.211. The molecule has 2 rings (SSSR count). The summed E-state index contributed by atoms with van der Waals surface area (Å²) in [5.41, 5.74) is 2.80. The van der Waals surface area contributed by atoms with E-state index in [1.807, 2.05) is 13.0 Å². The minimum atomic E-state index is -0.526. The van der Waals surface area contributed by atoms with Crippen molar-refractivity contribution < 1.29 is 19.1 Å². The smallest absolute Gasteiger partial charge is 0.310 e. The summed E-state index contributed by atoms with van der Waals surface area (Å²) in [6.45, 7) is 2.91. The molecule has 2 N–H and O–H groups in total. The molecule has 0 spiro atoms. The van der Waals surface area contributed by atoms with Crippen molar-refractivity contribution in [2.45, 2.75) is 20.3 Å². The van der Waals surface area contributed by atoms with Crippen molar-refractivity contribution in [3.05, 3.63) is 58.6 Å². The van der Waals surface area contributed by atoms with Crippen LogP contribution in [-0.4, -0.2) is 24.4 Å². The van der Waals surface area contributed by atoms with Crippen LogP contribution >= 0.6 is 11.6 Å². The number of carbonyl (C=O) groups is 3. The molecule has 0 atom stereocenters. The van der Waals surface area contributed by atoms with Gasteiger partial charge < -0.3 is 15.4 Å². The van der Waals surface area contributed by atoms with E-state index in [1.54, 1.807) is 36.4 Å². The lowest BCUT2D eigenvalue weighted by Gasteiger charge is -2.09. The number of benzene rings is 2. The van der Waals surface area contributed by atoms with E-state index < -0.39 is 18.5 Å². The summed E-state index contributed by atoms with van der Waals surface area (Å²) in [6, 6.07) is 12.0. The van der Waals surface area contributed by atoms with Crippen LogP contribution in [0.15, 0.2) is 42.5 Å². The van der Waals surface area contributed by atoms with Gasteiger partial charge in [0, 0.05) is 12.6 Å². The molecular weight excluding hydrogens is 356 g/mol. The van der Waals surface area contributed by atoms with Crippen molar-refractivity contribution in [1.29, 1.82) is 0 Å². The van der Waals surface area contributed by atoms with Gasteiger partial charge in [0.05, 0.1) is 17.1 Å². The molecule has 0 saturated carbocycles. The summed E-state index contributed by atoms with van der Waals surface area (Å²) in [5, 5.41) is 5.65. The maximum atomic E-state index is 11.9. The van der Waals surface area contributed by atoms with Crippen LogP contribution < -0.4 is 10.6 Å². The monoisotopic (exact) mass is 374 g/mol. The van der Waals surface area contributed by atoms with E-state index in [0.717, 1.165) is 5.56 Å². The summed E-state index contributed by atoms with van der Waals surface area (Å²) in [6.07, 6.45) is 0.0267. The Hall–Kier alpha value is -2.86. The third-order valence-electron chi connectivity index (χ3n) is 3.39. The first-order valence-corrected chi connectivity index (χ1v) is 8.29. The average molecular weight is 375 g/mol. The second kappa shape index (κ2) is 9.01. The van der Waals surface area contributed by atoms with Gasteiger partial charge in [0.15, 0.2) is 6.61 Å². The molecule has 0 fully saturated rings. The van der Waals surface area contributed by atoms with Crippen LogP contribution in [0.3, 0.4) is 0 Å². The van der Waals surface area contributed by atoms with Gasteiger partial charge in [0.2, 0.25) is 5.91 Å². The highest BCUT2D eigenvalue weighted by atomic mass is 35.5. The first-order chi connectivity index (χ1) is 12.3. The lowest BCUT2D eigenvalue weighted by molar-refractivity contribution is -0.146. The van der Waals surface area contributed by atoms with Gasteiger partial charge in [-0.2, -0.15) is 0 Å². The summed E-state index contributed by atoms with van der Waals surface area (Å²) >= 11 is 6.04. The minimum absolute atomic E-state index is 0.0267. The van der Waals surface area contributed by atoms with Crippen LogP contribution in [0.2, 0.25) is 5.02 Å². The topological polar surface area (TPSA) is 84.5 Å². The van der Waals surface area contributed by atoms with Crippen molar-refractivity contribution in [3.63, 3.8) is 0 Å². The Labute approximate surface area is 156 Å². The lowest BCUT2D eigenvalue weighted by atomic mass is 10.1. The number of anilines is 2. The van der Waals surface area contributed by atoms with Crippen LogP contribution in [0, 0.1) is 6.92 Å². The van der Waals surface area contributed by atoms with Gasteiger partial charge >= 0.3 is 5.97 Å². The zero-order valence-corrected chi connectivity index (χ0v) is 15.2. The van der Waals surface area contributed by atoms with Crippen molar-refractivity contribution >= 4 is 40.8 Å². The number of aryl methyl sites for hydroxylation is 1. The van der Waals surface area contributed by atoms with E-state index in [1.165, 1.54) is 6.92 Å².